The lowest BCUT2D eigenvalue weighted by molar-refractivity contribution is -0.112. The summed E-state index contributed by atoms with van der Waals surface area (Å²) in [5.74, 6) is -0.0919. The van der Waals surface area contributed by atoms with Gasteiger partial charge >= 0.3 is 0 Å². The van der Waals surface area contributed by atoms with E-state index in [9.17, 15) is 10.1 Å². The van der Waals surface area contributed by atoms with Crippen LogP contribution in [0.2, 0.25) is 0 Å². The number of hydrogen-bond donors (Lipinski definition) is 1. The summed E-state index contributed by atoms with van der Waals surface area (Å²) in [6, 6.07) is 31.1. The zero-order valence-electron chi connectivity index (χ0n) is 20.4. The van der Waals surface area contributed by atoms with Crippen LogP contribution in [-0.2, 0) is 4.79 Å². The number of nitriles is 1. The zero-order valence-corrected chi connectivity index (χ0v) is 20.4. The first-order valence-electron chi connectivity index (χ1n) is 12.2. The molecule has 35 heavy (non-hydrogen) atoms. The predicted octanol–water partition coefficient (Wildman–Crippen LogP) is 5.56. The number of benzene rings is 3. The Morgan fingerprint density at radius 3 is 1.94 bits per heavy atom. The Kier molecular flexibility index (Phi) is 7.97. The van der Waals surface area contributed by atoms with Crippen molar-refractivity contribution in [3.05, 3.63) is 113 Å². The number of piperazine rings is 1. The van der Waals surface area contributed by atoms with E-state index in [1.807, 2.05) is 36.4 Å². The van der Waals surface area contributed by atoms with Gasteiger partial charge in [-0.25, -0.2) is 0 Å². The van der Waals surface area contributed by atoms with E-state index in [1.54, 1.807) is 6.20 Å². The molecule has 1 aliphatic rings. The summed E-state index contributed by atoms with van der Waals surface area (Å²) < 4.78 is 0. The van der Waals surface area contributed by atoms with Crippen molar-refractivity contribution in [1.82, 2.24) is 9.80 Å². The molecule has 1 heterocycles. The number of nitrogens with one attached hydrogen (secondary N) is 1. The van der Waals surface area contributed by atoms with Crippen molar-refractivity contribution in [3.63, 3.8) is 0 Å². The molecule has 0 saturated carbocycles. The molecule has 0 bridgehead atoms. The van der Waals surface area contributed by atoms with Crippen LogP contribution in [0.15, 0.2) is 96.7 Å². The van der Waals surface area contributed by atoms with Crippen LogP contribution in [-0.4, -0.2) is 41.9 Å². The SMILES string of the molecule is CC(C)c1ccccc1NC(=O)/C(C#N)=C\N1CCN(C(c2ccccc2)c2ccccc2)CC1. The summed E-state index contributed by atoms with van der Waals surface area (Å²) in [5.41, 5.74) is 4.47. The minimum Gasteiger partial charge on any atom is -0.374 e. The second-order valence-corrected chi connectivity index (χ2v) is 9.15. The highest BCUT2D eigenvalue weighted by Crippen LogP contribution is 2.29. The Balaban J connectivity index is 1.46. The molecule has 0 spiro atoms. The van der Waals surface area contributed by atoms with Crippen molar-refractivity contribution in [3.8, 4) is 6.07 Å². The maximum absolute atomic E-state index is 12.9. The first-order valence-corrected chi connectivity index (χ1v) is 12.2. The molecule has 0 atom stereocenters. The van der Waals surface area contributed by atoms with E-state index in [4.69, 9.17) is 0 Å². The van der Waals surface area contributed by atoms with Crippen molar-refractivity contribution in [2.75, 3.05) is 31.5 Å². The van der Waals surface area contributed by atoms with Gasteiger partial charge in [-0.15, -0.1) is 0 Å². The Morgan fingerprint density at radius 1 is 0.857 bits per heavy atom. The second-order valence-electron chi connectivity index (χ2n) is 9.15. The van der Waals surface area contributed by atoms with Gasteiger partial charge in [0.1, 0.15) is 11.6 Å². The summed E-state index contributed by atoms with van der Waals surface area (Å²) in [5, 5.41) is 12.6. The van der Waals surface area contributed by atoms with Gasteiger partial charge in [-0.2, -0.15) is 5.26 Å². The van der Waals surface area contributed by atoms with Gasteiger partial charge in [0, 0.05) is 38.1 Å². The Bertz CT molecular complexity index is 1150. The molecule has 1 amide bonds. The third kappa shape index (κ3) is 5.98. The van der Waals surface area contributed by atoms with Crippen molar-refractivity contribution in [1.29, 1.82) is 5.26 Å². The lowest BCUT2D eigenvalue weighted by atomic mass is 9.96. The zero-order chi connectivity index (χ0) is 24.6. The fourth-order valence-electron chi connectivity index (χ4n) is 4.63. The third-order valence-electron chi connectivity index (χ3n) is 6.45. The molecule has 178 valence electrons. The second kappa shape index (κ2) is 11.5. The van der Waals surface area contributed by atoms with Gasteiger partial charge in [0.05, 0.1) is 6.04 Å². The lowest BCUT2D eigenvalue weighted by Crippen LogP contribution is -2.46. The molecule has 1 aliphatic heterocycles. The Hall–Kier alpha value is -3.88. The van der Waals surface area contributed by atoms with Gasteiger partial charge in [-0.3, -0.25) is 9.69 Å². The molecule has 0 unspecified atom stereocenters. The maximum atomic E-state index is 12.9. The molecular formula is C30H32N4O. The molecule has 0 radical (unpaired) electrons. The van der Waals surface area contributed by atoms with Crippen LogP contribution in [0.4, 0.5) is 5.69 Å². The van der Waals surface area contributed by atoms with Crippen LogP contribution in [0.25, 0.3) is 0 Å². The van der Waals surface area contributed by atoms with Crippen LogP contribution < -0.4 is 5.32 Å². The summed E-state index contributed by atoms with van der Waals surface area (Å²) in [4.78, 5) is 17.4. The van der Waals surface area contributed by atoms with Crippen molar-refractivity contribution in [2.24, 2.45) is 0 Å². The van der Waals surface area contributed by atoms with Crippen LogP contribution in [0, 0.1) is 11.3 Å². The van der Waals surface area contributed by atoms with E-state index >= 15 is 0 Å². The first-order chi connectivity index (χ1) is 17.1. The van der Waals surface area contributed by atoms with E-state index in [1.165, 1.54) is 11.1 Å². The third-order valence-corrected chi connectivity index (χ3v) is 6.45. The average Bonchev–Trinajstić information content (AvgIpc) is 2.89. The van der Waals surface area contributed by atoms with Crippen LogP contribution >= 0.6 is 0 Å². The monoisotopic (exact) mass is 464 g/mol. The molecule has 5 nitrogen and oxygen atoms in total. The van der Waals surface area contributed by atoms with E-state index in [2.05, 4.69) is 83.6 Å². The van der Waals surface area contributed by atoms with Gasteiger partial charge < -0.3 is 10.2 Å². The van der Waals surface area contributed by atoms with Crippen LogP contribution in [0.5, 0.6) is 0 Å². The summed E-state index contributed by atoms with van der Waals surface area (Å²) >= 11 is 0. The largest absolute Gasteiger partial charge is 0.374 e. The molecular weight excluding hydrogens is 432 g/mol. The van der Waals surface area contributed by atoms with E-state index in [0.29, 0.717) is 0 Å². The van der Waals surface area contributed by atoms with E-state index < -0.39 is 0 Å². The normalized spacial score (nSPS) is 14.7. The summed E-state index contributed by atoms with van der Waals surface area (Å²) in [6.45, 7) is 7.34. The number of para-hydroxylation sites is 1. The van der Waals surface area contributed by atoms with Gasteiger partial charge in [-0.05, 0) is 28.7 Å². The van der Waals surface area contributed by atoms with Gasteiger partial charge in [0.25, 0.3) is 5.91 Å². The molecule has 4 rings (SSSR count). The molecule has 1 saturated heterocycles. The molecule has 1 N–H and O–H groups in total. The minimum atomic E-state index is -0.366. The van der Waals surface area contributed by atoms with Crippen molar-refractivity contribution < 1.29 is 4.79 Å². The number of carbonyl (C=O) groups excluding carboxylic acids is 1. The number of hydrogen-bond acceptors (Lipinski definition) is 4. The number of amides is 1. The summed E-state index contributed by atoms with van der Waals surface area (Å²) in [7, 11) is 0. The Labute approximate surface area is 208 Å². The highest BCUT2D eigenvalue weighted by molar-refractivity contribution is 6.06. The highest BCUT2D eigenvalue weighted by Gasteiger charge is 2.26. The smallest absolute Gasteiger partial charge is 0.267 e. The van der Waals surface area contributed by atoms with E-state index in [0.717, 1.165) is 37.4 Å². The molecule has 3 aromatic rings. The molecule has 0 aliphatic carbocycles. The number of anilines is 1. The summed E-state index contributed by atoms with van der Waals surface area (Å²) in [6.07, 6.45) is 1.71. The quantitative estimate of drug-likeness (QED) is 0.367. The average molecular weight is 465 g/mol. The van der Waals surface area contributed by atoms with Crippen molar-refractivity contribution >= 4 is 11.6 Å². The maximum Gasteiger partial charge on any atom is 0.267 e. The molecule has 5 heteroatoms. The topological polar surface area (TPSA) is 59.4 Å². The molecule has 3 aromatic carbocycles. The van der Waals surface area contributed by atoms with Crippen LogP contribution in [0.1, 0.15) is 42.5 Å². The molecule has 0 aromatic heterocycles. The number of carbonyl (C=O) groups is 1. The van der Waals surface area contributed by atoms with Gasteiger partial charge in [0.2, 0.25) is 0 Å². The fraction of sp³-hybridized carbons (Fsp3) is 0.267. The minimum absolute atomic E-state index is 0.125. The lowest BCUT2D eigenvalue weighted by Gasteiger charge is -2.39. The van der Waals surface area contributed by atoms with Gasteiger partial charge in [-0.1, -0.05) is 92.7 Å². The predicted molar refractivity (Wildman–Crippen MR) is 141 cm³/mol. The van der Waals surface area contributed by atoms with Gasteiger partial charge in [0.15, 0.2) is 0 Å². The first kappa shape index (κ1) is 24.3. The van der Waals surface area contributed by atoms with Crippen molar-refractivity contribution in [2.45, 2.75) is 25.8 Å². The number of nitrogens with zero attached hydrogens (tertiary/aromatic N) is 3. The fourth-order valence-corrected chi connectivity index (χ4v) is 4.63. The Morgan fingerprint density at radius 2 is 1.40 bits per heavy atom. The van der Waals surface area contributed by atoms with Crippen LogP contribution in [0.3, 0.4) is 0 Å². The molecule has 1 fully saturated rings. The van der Waals surface area contributed by atoms with E-state index in [-0.39, 0.29) is 23.4 Å². The standard InChI is InChI=1S/C30H32N4O/c1-23(2)27-15-9-10-16-28(27)32-30(35)26(21-31)22-33-17-19-34(20-18-33)29(24-11-5-3-6-12-24)25-13-7-4-8-14-25/h3-16,22-23,29H,17-20H2,1-2H3,(H,32,35)/b26-22-. The highest BCUT2D eigenvalue weighted by atomic mass is 16.1. The number of rotatable bonds is 7.